The molecule has 0 bridgehead atoms. The molecule has 31 heavy (non-hydrogen) atoms. The van der Waals surface area contributed by atoms with Gasteiger partial charge in [-0.1, -0.05) is 40.9 Å². The van der Waals surface area contributed by atoms with E-state index in [1.54, 1.807) is 24.7 Å². The fourth-order valence-corrected chi connectivity index (χ4v) is 4.59. The number of nitrogens with one attached hydrogen (secondary N) is 1. The van der Waals surface area contributed by atoms with E-state index in [9.17, 15) is 13.2 Å². The normalized spacial score (nSPS) is 11.3. The average Bonchev–Trinajstić information content (AvgIpc) is 3.25. The Labute approximate surface area is 191 Å². The molecule has 1 amide bonds. The van der Waals surface area contributed by atoms with Gasteiger partial charge in [-0.15, -0.1) is 0 Å². The molecule has 1 aromatic heterocycles. The second kappa shape index (κ2) is 10.2. The number of rotatable bonds is 9. The number of carbonyl (C=O) groups excluding carboxylic acids is 1. The van der Waals surface area contributed by atoms with E-state index in [2.05, 4.69) is 10.3 Å². The van der Waals surface area contributed by atoms with E-state index in [0.717, 1.165) is 9.87 Å². The minimum absolute atomic E-state index is 0.0806. The summed E-state index contributed by atoms with van der Waals surface area (Å²) in [5.74, 6) is -0.424. The number of benzene rings is 2. The molecule has 0 fully saturated rings. The number of hydrogen-bond acceptors (Lipinski definition) is 4. The number of aromatic nitrogens is 2. The number of carbonyl (C=O) groups is 1. The summed E-state index contributed by atoms with van der Waals surface area (Å²) in [4.78, 5) is 16.6. The molecule has 164 valence electrons. The minimum atomic E-state index is -4.00. The van der Waals surface area contributed by atoms with Gasteiger partial charge in [-0.05, 0) is 43.7 Å². The molecule has 0 radical (unpaired) electrons. The smallest absolute Gasteiger partial charge is 0.264 e. The number of sulfonamides is 1. The molecule has 0 spiro atoms. The van der Waals surface area contributed by atoms with Crippen molar-refractivity contribution in [2.45, 2.75) is 24.8 Å². The van der Waals surface area contributed by atoms with Crippen LogP contribution in [0.15, 0.2) is 66.1 Å². The summed E-state index contributed by atoms with van der Waals surface area (Å²) in [6.07, 6.45) is 5.90. The van der Waals surface area contributed by atoms with Crippen molar-refractivity contribution in [1.82, 2.24) is 14.9 Å². The van der Waals surface area contributed by atoms with Crippen LogP contribution >= 0.6 is 23.2 Å². The maximum absolute atomic E-state index is 13.3. The summed E-state index contributed by atoms with van der Waals surface area (Å²) in [5.41, 5.74) is 1.18. The largest absolute Gasteiger partial charge is 0.354 e. The topological polar surface area (TPSA) is 84.3 Å². The Hall–Kier alpha value is -2.55. The second-order valence-electron chi connectivity index (χ2n) is 6.93. The molecule has 10 heteroatoms. The van der Waals surface area contributed by atoms with Gasteiger partial charge in [-0.3, -0.25) is 9.10 Å². The maximum Gasteiger partial charge on any atom is 0.264 e. The molecule has 0 aliphatic carbocycles. The number of hydrogen-bond donors (Lipinski definition) is 1. The van der Waals surface area contributed by atoms with Gasteiger partial charge < -0.3 is 9.88 Å². The lowest BCUT2D eigenvalue weighted by Crippen LogP contribution is -2.41. The summed E-state index contributed by atoms with van der Waals surface area (Å²) in [6, 6.07) is 10.9. The van der Waals surface area contributed by atoms with Crippen molar-refractivity contribution in [3.05, 3.63) is 76.8 Å². The zero-order chi connectivity index (χ0) is 22.4. The van der Waals surface area contributed by atoms with E-state index in [0.29, 0.717) is 24.5 Å². The Morgan fingerprint density at radius 3 is 2.52 bits per heavy atom. The molecule has 0 saturated carbocycles. The van der Waals surface area contributed by atoms with Crippen LogP contribution in [0.1, 0.15) is 12.0 Å². The van der Waals surface area contributed by atoms with E-state index in [1.165, 1.54) is 30.3 Å². The molecule has 1 N–H and O–H groups in total. The van der Waals surface area contributed by atoms with Gasteiger partial charge in [-0.2, -0.15) is 0 Å². The van der Waals surface area contributed by atoms with Crippen molar-refractivity contribution in [3.8, 4) is 0 Å². The summed E-state index contributed by atoms with van der Waals surface area (Å²) in [5, 5.41) is 3.26. The summed E-state index contributed by atoms with van der Waals surface area (Å²) < 4.78 is 29.6. The second-order valence-corrected chi connectivity index (χ2v) is 9.60. The standard InChI is InChI=1S/C21H22Cl2N4O3S/c1-16-3-6-18(7-4-16)31(29,30)27(17-5-8-19(22)20(23)13-17)14-21(28)25-9-2-11-26-12-10-24-15-26/h3-8,10,12-13,15H,2,9,11,14H2,1H3,(H,25,28). The van der Waals surface area contributed by atoms with Crippen LogP contribution in [-0.4, -0.2) is 37.0 Å². The highest BCUT2D eigenvalue weighted by atomic mass is 35.5. The van der Waals surface area contributed by atoms with Crippen LogP contribution in [0.5, 0.6) is 0 Å². The van der Waals surface area contributed by atoms with Gasteiger partial charge in [0.15, 0.2) is 0 Å². The third-order valence-corrected chi connectivity index (χ3v) is 7.09. The third kappa shape index (κ3) is 6.00. The van der Waals surface area contributed by atoms with Crippen molar-refractivity contribution in [3.63, 3.8) is 0 Å². The molecular weight excluding hydrogens is 459 g/mol. The number of nitrogens with zero attached hydrogens (tertiary/aromatic N) is 3. The van der Waals surface area contributed by atoms with Crippen molar-refractivity contribution in [2.24, 2.45) is 0 Å². The number of anilines is 1. The Morgan fingerprint density at radius 2 is 1.87 bits per heavy atom. The number of imidazole rings is 1. The van der Waals surface area contributed by atoms with Crippen LogP contribution in [0, 0.1) is 6.92 Å². The van der Waals surface area contributed by atoms with Gasteiger partial charge in [0.25, 0.3) is 10.0 Å². The predicted molar refractivity (Wildman–Crippen MR) is 122 cm³/mol. The van der Waals surface area contributed by atoms with Crippen LogP contribution in [0.2, 0.25) is 10.0 Å². The maximum atomic E-state index is 13.3. The molecule has 0 aliphatic rings. The van der Waals surface area contributed by atoms with Gasteiger partial charge >= 0.3 is 0 Å². The lowest BCUT2D eigenvalue weighted by atomic mass is 10.2. The van der Waals surface area contributed by atoms with Crippen molar-refractivity contribution < 1.29 is 13.2 Å². The fraction of sp³-hybridized carbons (Fsp3) is 0.238. The highest BCUT2D eigenvalue weighted by Gasteiger charge is 2.27. The van der Waals surface area contributed by atoms with Crippen molar-refractivity contribution in [2.75, 3.05) is 17.4 Å². The summed E-state index contributed by atoms with van der Waals surface area (Å²) in [7, 11) is -4.00. The molecule has 0 saturated heterocycles. The predicted octanol–water partition coefficient (Wildman–Crippen LogP) is 3.90. The van der Waals surface area contributed by atoms with Crippen LogP contribution in [-0.2, 0) is 21.4 Å². The van der Waals surface area contributed by atoms with E-state index < -0.39 is 15.9 Å². The zero-order valence-corrected chi connectivity index (χ0v) is 19.2. The molecule has 0 unspecified atom stereocenters. The van der Waals surface area contributed by atoms with Crippen LogP contribution in [0.3, 0.4) is 0 Å². The SMILES string of the molecule is Cc1ccc(S(=O)(=O)N(CC(=O)NCCCn2ccnc2)c2ccc(Cl)c(Cl)c2)cc1. The van der Waals surface area contributed by atoms with Crippen LogP contribution in [0.25, 0.3) is 0 Å². The van der Waals surface area contributed by atoms with Gasteiger partial charge in [0, 0.05) is 25.5 Å². The van der Waals surface area contributed by atoms with Crippen molar-refractivity contribution in [1.29, 1.82) is 0 Å². The van der Waals surface area contributed by atoms with E-state index in [1.807, 2.05) is 17.7 Å². The van der Waals surface area contributed by atoms with Gasteiger partial charge in [0.1, 0.15) is 6.54 Å². The molecule has 2 aromatic carbocycles. The summed E-state index contributed by atoms with van der Waals surface area (Å²) >= 11 is 12.1. The first-order valence-electron chi connectivity index (χ1n) is 9.54. The number of aryl methyl sites for hydroxylation is 2. The molecule has 0 atom stereocenters. The molecule has 3 rings (SSSR count). The van der Waals surface area contributed by atoms with Gasteiger partial charge in [0.05, 0.1) is 27.0 Å². The lowest BCUT2D eigenvalue weighted by Gasteiger charge is -2.24. The first-order valence-corrected chi connectivity index (χ1v) is 11.7. The van der Waals surface area contributed by atoms with Crippen molar-refractivity contribution >= 4 is 44.8 Å². The molecule has 7 nitrogen and oxygen atoms in total. The summed E-state index contributed by atoms with van der Waals surface area (Å²) in [6.45, 7) is 2.57. The highest BCUT2D eigenvalue weighted by molar-refractivity contribution is 7.92. The number of amides is 1. The lowest BCUT2D eigenvalue weighted by molar-refractivity contribution is -0.119. The average molecular weight is 481 g/mol. The van der Waals surface area contributed by atoms with E-state index in [-0.39, 0.29) is 22.2 Å². The fourth-order valence-electron chi connectivity index (χ4n) is 2.89. The minimum Gasteiger partial charge on any atom is -0.354 e. The van der Waals surface area contributed by atoms with E-state index in [4.69, 9.17) is 23.2 Å². The van der Waals surface area contributed by atoms with Crippen LogP contribution in [0.4, 0.5) is 5.69 Å². The van der Waals surface area contributed by atoms with Gasteiger partial charge in [0.2, 0.25) is 5.91 Å². The quantitative estimate of drug-likeness (QED) is 0.470. The molecule has 0 aliphatic heterocycles. The Bertz CT molecular complexity index is 1130. The monoisotopic (exact) mass is 480 g/mol. The highest BCUT2D eigenvalue weighted by Crippen LogP contribution is 2.30. The Morgan fingerprint density at radius 1 is 1.13 bits per heavy atom. The Kier molecular flexibility index (Phi) is 7.59. The molecule has 3 aromatic rings. The first kappa shape index (κ1) is 23.1. The Balaban J connectivity index is 1.77. The zero-order valence-electron chi connectivity index (χ0n) is 16.8. The molecule has 1 heterocycles. The van der Waals surface area contributed by atoms with Crippen LogP contribution < -0.4 is 9.62 Å². The first-order chi connectivity index (χ1) is 14.8. The molecular formula is C21H22Cl2N4O3S. The van der Waals surface area contributed by atoms with E-state index >= 15 is 0 Å². The third-order valence-electron chi connectivity index (χ3n) is 4.56. The number of halogens is 2. The van der Waals surface area contributed by atoms with Gasteiger partial charge in [-0.25, -0.2) is 13.4 Å².